The second-order valence-corrected chi connectivity index (χ2v) is 10.3. The molecule has 1 aliphatic heterocycles. The lowest BCUT2D eigenvalue weighted by Crippen LogP contribution is -2.37. The molecule has 2 aromatic rings. The summed E-state index contributed by atoms with van der Waals surface area (Å²) in [5.41, 5.74) is 2.65. The Morgan fingerprint density at radius 1 is 1.08 bits per heavy atom. The Kier molecular flexibility index (Phi) is 12.0. The summed E-state index contributed by atoms with van der Waals surface area (Å²) in [5.74, 6) is -2.11. The number of ether oxygens (including phenoxy) is 3. The third-order valence-electron chi connectivity index (χ3n) is 5.97. The van der Waals surface area contributed by atoms with Crippen molar-refractivity contribution in [2.24, 2.45) is 10.9 Å². The summed E-state index contributed by atoms with van der Waals surface area (Å²) in [6.07, 6.45) is 5.05. The number of aromatic nitrogens is 1. The van der Waals surface area contributed by atoms with Gasteiger partial charge in [0, 0.05) is 41.8 Å². The predicted molar refractivity (Wildman–Crippen MR) is 153 cm³/mol. The molecule has 1 aromatic carbocycles. The zero-order valence-corrected chi connectivity index (χ0v) is 24.1. The molecule has 11 heteroatoms. The van der Waals surface area contributed by atoms with Crippen molar-refractivity contribution in [1.82, 2.24) is 10.3 Å². The Morgan fingerprint density at radius 2 is 1.87 bits per heavy atom. The lowest BCUT2D eigenvalue weighted by molar-refractivity contribution is -0.148. The van der Waals surface area contributed by atoms with E-state index in [1.165, 1.54) is 36.8 Å². The molecule has 39 heavy (non-hydrogen) atoms. The lowest BCUT2D eigenvalue weighted by Gasteiger charge is -2.33. The van der Waals surface area contributed by atoms with E-state index in [0.717, 1.165) is 10.5 Å². The van der Waals surface area contributed by atoms with Crippen LogP contribution in [0.5, 0.6) is 0 Å². The van der Waals surface area contributed by atoms with Crippen molar-refractivity contribution in [3.05, 3.63) is 71.2 Å². The van der Waals surface area contributed by atoms with Crippen LogP contribution in [0.3, 0.4) is 0 Å². The zero-order valence-electron chi connectivity index (χ0n) is 22.5. The smallest absolute Gasteiger partial charge is 0.336 e. The molecule has 0 saturated heterocycles. The van der Waals surface area contributed by atoms with Gasteiger partial charge in [-0.3, -0.25) is 19.6 Å². The highest BCUT2D eigenvalue weighted by molar-refractivity contribution is 7.99. The number of carbonyl (C=O) groups is 3. The van der Waals surface area contributed by atoms with E-state index in [2.05, 4.69) is 10.3 Å². The van der Waals surface area contributed by atoms with Gasteiger partial charge in [0.15, 0.2) is 0 Å². The molecule has 2 atom stereocenters. The van der Waals surface area contributed by atoms with Crippen LogP contribution < -0.4 is 5.32 Å². The maximum absolute atomic E-state index is 13.4. The molecule has 2 unspecified atom stereocenters. The monoisotopic (exact) mass is 571 g/mol. The van der Waals surface area contributed by atoms with Crippen LogP contribution in [0.2, 0.25) is 0 Å². The Labute approximate surface area is 237 Å². The third kappa shape index (κ3) is 7.93. The van der Waals surface area contributed by atoms with Gasteiger partial charge >= 0.3 is 11.9 Å². The van der Waals surface area contributed by atoms with Crippen LogP contribution in [0.1, 0.15) is 35.7 Å². The Balaban J connectivity index is 1.96. The van der Waals surface area contributed by atoms with Crippen molar-refractivity contribution < 1.29 is 28.6 Å². The van der Waals surface area contributed by atoms with E-state index in [1.807, 2.05) is 30.5 Å². The van der Waals surface area contributed by atoms with Crippen LogP contribution in [0.4, 0.5) is 0 Å². The predicted octanol–water partition coefficient (Wildman–Crippen LogP) is 4.11. The fraction of sp³-hybridized carbons (Fsp3) is 0.393. The summed E-state index contributed by atoms with van der Waals surface area (Å²) in [4.78, 5) is 48.8. The normalized spacial score (nSPS) is 16.9. The van der Waals surface area contributed by atoms with Gasteiger partial charge in [0.25, 0.3) is 5.91 Å². The summed E-state index contributed by atoms with van der Waals surface area (Å²) in [6.45, 7) is 4.03. The lowest BCUT2D eigenvalue weighted by atomic mass is 9.75. The molecule has 1 aliphatic rings. The van der Waals surface area contributed by atoms with Crippen molar-refractivity contribution in [3.63, 3.8) is 0 Å². The summed E-state index contributed by atoms with van der Waals surface area (Å²) in [5, 5.41) is 2.84. The number of esters is 2. The molecule has 0 aliphatic carbocycles. The first-order valence-electron chi connectivity index (χ1n) is 12.4. The molecule has 2 heterocycles. The van der Waals surface area contributed by atoms with E-state index in [0.29, 0.717) is 28.3 Å². The number of benzene rings is 1. The molecule has 3 rings (SSSR count). The van der Waals surface area contributed by atoms with Crippen molar-refractivity contribution in [1.29, 1.82) is 0 Å². The second-order valence-electron chi connectivity index (χ2n) is 8.43. The molecular weight excluding hydrogens is 538 g/mol. The maximum atomic E-state index is 13.4. The summed E-state index contributed by atoms with van der Waals surface area (Å²) in [7, 11) is 1.53. The highest BCUT2D eigenvalue weighted by atomic mass is 32.2. The van der Waals surface area contributed by atoms with E-state index in [4.69, 9.17) is 19.2 Å². The van der Waals surface area contributed by atoms with Crippen molar-refractivity contribution >= 4 is 47.1 Å². The first-order chi connectivity index (χ1) is 18.9. The topological polar surface area (TPSA) is 116 Å². The van der Waals surface area contributed by atoms with Crippen LogP contribution in [-0.4, -0.2) is 73.4 Å². The minimum absolute atomic E-state index is 0.0911. The number of aliphatic imine (C=N–C) groups is 1. The molecule has 0 bridgehead atoms. The van der Waals surface area contributed by atoms with Crippen LogP contribution in [0.25, 0.3) is 0 Å². The number of methoxy groups -OCH3 is 1. The van der Waals surface area contributed by atoms with E-state index >= 15 is 0 Å². The number of pyridine rings is 1. The molecule has 1 N–H and O–H groups in total. The fourth-order valence-electron chi connectivity index (χ4n) is 4.24. The van der Waals surface area contributed by atoms with Gasteiger partial charge in [0.05, 0.1) is 35.9 Å². The fourth-order valence-corrected chi connectivity index (χ4v) is 5.63. The zero-order chi connectivity index (χ0) is 28.2. The van der Waals surface area contributed by atoms with E-state index < -0.39 is 23.8 Å². The van der Waals surface area contributed by atoms with Gasteiger partial charge in [-0.2, -0.15) is 0 Å². The summed E-state index contributed by atoms with van der Waals surface area (Å²) in [6, 6.07) is 11.1. The number of nitrogens with one attached hydrogen (secondary N) is 1. The first-order valence-corrected chi connectivity index (χ1v) is 14.8. The maximum Gasteiger partial charge on any atom is 0.336 e. The molecule has 0 saturated carbocycles. The molecule has 1 amide bonds. The summed E-state index contributed by atoms with van der Waals surface area (Å²) >= 11 is 2.93. The second kappa shape index (κ2) is 15.4. The van der Waals surface area contributed by atoms with Crippen LogP contribution in [-0.2, 0) is 23.8 Å². The number of carbonyl (C=O) groups excluding carboxylic acids is 3. The van der Waals surface area contributed by atoms with Crippen molar-refractivity contribution in [2.45, 2.75) is 24.7 Å². The standard InChI is InChI=1S/C28H33N3O6S2/c1-5-36-28(34)25-21(16-39-17-30-26(32)19-9-8-12-29-15-19)31-18(2)23(27(33)37-14-13-35-3)24(25)20-10-6-7-11-22(20)38-4/h6-12,15,23-24H,5,13-14,16-17H2,1-4H3,(H,30,32). The third-order valence-corrected chi connectivity index (χ3v) is 7.61. The first kappa shape index (κ1) is 30.4. The Bertz CT molecular complexity index is 1220. The minimum atomic E-state index is -0.811. The van der Waals surface area contributed by atoms with Gasteiger partial charge in [-0.05, 0) is 43.9 Å². The van der Waals surface area contributed by atoms with Crippen molar-refractivity contribution in [2.75, 3.05) is 44.8 Å². The Hall–Kier alpha value is -3.15. The highest BCUT2D eigenvalue weighted by Gasteiger charge is 2.43. The average molecular weight is 572 g/mol. The van der Waals surface area contributed by atoms with Gasteiger partial charge < -0.3 is 19.5 Å². The largest absolute Gasteiger partial charge is 0.463 e. The molecular formula is C28H33N3O6S2. The highest BCUT2D eigenvalue weighted by Crippen LogP contribution is 2.43. The molecule has 0 fully saturated rings. The average Bonchev–Trinajstić information content (AvgIpc) is 2.95. The molecule has 0 radical (unpaired) electrons. The van der Waals surface area contributed by atoms with Gasteiger partial charge in [0.2, 0.25) is 0 Å². The molecule has 0 spiro atoms. The van der Waals surface area contributed by atoms with Gasteiger partial charge in [-0.25, -0.2) is 4.79 Å². The number of amides is 1. The summed E-state index contributed by atoms with van der Waals surface area (Å²) < 4.78 is 16.0. The quantitative estimate of drug-likeness (QED) is 0.164. The number of hydrogen-bond donors (Lipinski definition) is 1. The van der Waals surface area contributed by atoms with Gasteiger partial charge in [-0.1, -0.05) is 18.2 Å². The Morgan fingerprint density at radius 3 is 2.56 bits per heavy atom. The van der Waals surface area contributed by atoms with Gasteiger partial charge in [-0.15, -0.1) is 23.5 Å². The van der Waals surface area contributed by atoms with E-state index in [-0.39, 0.29) is 31.6 Å². The number of nitrogens with zero attached hydrogens (tertiary/aromatic N) is 2. The van der Waals surface area contributed by atoms with Crippen LogP contribution in [0, 0.1) is 5.92 Å². The SMILES string of the molecule is CCOC(=O)C1=C(CSCNC(=O)c2cccnc2)N=C(C)C(C(=O)OCCOC)C1c1ccccc1SC. The van der Waals surface area contributed by atoms with Gasteiger partial charge in [0.1, 0.15) is 12.5 Å². The number of thioether (sulfide) groups is 2. The number of hydrogen-bond acceptors (Lipinski definition) is 10. The van der Waals surface area contributed by atoms with Crippen molar-refractivity contribution in [3.8, 4) is 0 Å². The molecule has 1 aromatic heterocycles. The van der Waals surface area contributed by atoms with Crippen LogP contribution in [0.15, 0.2) is 69.9 Å². The molecule has 9 nitrogen and oxygen atoms in total. The van der Waals surface area contributed by atoms with E-state index in [1.54, 1.807) is 32.2 Å². The van der Waals surface area contributed by atoms with Crippen LogP contribution >= 0.6 is 23.5 Å². The number of rotatable bonds is 13. The molecule has 208 valence electrons. The minimum Gasteiger partial charge on any atom is -0.463 e. The van der Waals surface area contributed by atoms with E-state index in [9.17, 15) is 14.4 Å².